The first-order valence-corrected chi connectivity index (χ1v) is 8.86. The first kappa shape index (κ1) is 17.9. The second-order valence-corrected chi connectivity index (χ2v) is 6.35. The fourth-order valence-corrected chi connectivity index (χ4v) is 2.76. The number of nitrogens with one attached hydrogen (secondary N) is 1. The van der Waals surface area contributed by atoms with Crippen LogP contribution < -0.4 is 5.32 Å². The summed E-state index contributed by atoms with van der Waals surface area (Å²) >= 11 is 0. The molecular weight excluding hydrogens is 326 g/mol. The molecule has 2 unspecified atom stereocenters. The summed E-state index contributed by atoms with van der Waals surface area (Å²) in [5.41, 5.74) is 3.35. The molecule has 26 heavy (non-hydrogen) atoms. The molecule has 2 aromatic carbocycles. The molecule has 0 saturated carbocycles. The molecular formula is C21H23N3O2. The zero-order chi connectivity index (χ0) is 18.4. The minimum absolute atomic E-state index is 0.203. The summed E-state index contributed by atoms with van der Waals surface area (Å²) in [4.78, 5) is 21.5. The fraction of sp³-hybridized carbons (Fsp3) is 0.286. The van der Waals surface area contributed by atoms with Gasteiger partial charge in [0, 0.05) is 0 Å². The Morgan fingerprint density at radius 3 is 2.50 bits per heavy atom. The molecule has 0 saturated heterocycles. The van der Waals surface area contributed by atoms with Crippen LogP contribution in [0.5, 0.6) is 0 Å². The summed E-state index contributed by atoms with van der Waals surface area (Å²) in [6.45, 7) is 4.41. The highest BCUT2D eigenvalue weighted by Crippen LogP contribution is 2.24. The summed E-state index contributed by atoms with van der Waals surface area (Å²) in [5, 5.41) is 2.96. The number of ether oxygens (including phenoxy) is 1. The Labute approximate surface area is 153 Å². The second kappa shape index (κ2) is 8.43. The van der Waals surface area contributed by atoms with Crippen LogP contribution in [0.3, 0.4) is 0 Å². The zero-order valence-corrected chi connectivity index (χ0v) is 15.1. The van der Waals surface area contributed by atoms with Crippen molar-refractivity contribution in [2.24, 2.45) is 5.92 Å². The van der Waals surface area contributed by atoms with Crippen LogP contribution in [0.4, 0.5) is 4.79 Å². The Balaban J connectivity index is 1.73. The molecule has 1 N–H and O–H groups in total. The van der Waals surface area contributed by atoms with E-state index in [0.29, 0.717) is 0 Å². The number of fused-ring (bicyclic) bond motifs is 1. The summed E-state index contributed by atoms with van der Waals surface area (Å²) in [5.74, 6) is 0.203. The summed E-state index contributed by atoms with van der Waals surface area (Å²) in [7, 11) is 0. The molecule has 2 atom stereocenters. The third-order valence-corrected chi connectivity index (χ3v) is 4.48. The molecule has 5 nitrogen and oxygen atoms in total. The summed E-state index contributed by atoms with van der Waals surface area (Å²) in [6.07, 6.45) is 2.18. The number of hydrogen-bond acceptors (Lipinski definition) is 4. The van der Waals surface area contributed by atoms with Crippen molar-refractivity contribution in [1.29, 1.82) is 0 Å². The van der Waals surface area contributed by atoms with Crippen LogP contribution in [0.1, 0.15) is 37.6 Å². The van der Waals surface area contributed by atoms with Crippen LogP contribution in [0.2, 0.25) is 0 Å². The first-order chi connectivity index (χ1) is 12.7. The van der Waals surface area contributed by atoms with Gasteiger partial charge in [0.1, 0.15) is 6.61 Å². The molecule has 0 aliphatic heterocycles. The Bertz CT molecular complexity index is 867. The van der Waals surface area contributed by atoms with Crippen LogP contribution in [0.15, 0.2) is 60.8 Å². The molecule has 1 aromatic heterocycles. The van der Waals surface area contributed by atoms with Crippen molar-refractivity contribution in [2.45, 2.75) is 32.9 Å². The van der Waals surface area contributed by atoms with Gasteiger partial charge in [-0.05, 0) is 23.6 Å². The lowest BCUT2D eigenvalue weighted by Gasteiger charge is -2.23. The molecule has 0 aliphatic carbocycles. The van der Waals surface area contributed by atoms with Crippen LogP contribution in [0.25, 0.3) is 11.0 Å². The van der Waals surface area contributed by atoms with Crippen molar-refractivity contribution in [3.05, 3.63) is 72.1 Å². The van der Waals surface area contributed by atoms with Crippen LogP contribution in [-0.4, -0.2) is 16.1 Å². The Morgan fingerprint density at radius 2 is 1.77 bits per heavy atom. The molecule has 0 fully saturated rings. The molecule has 3 aromatic rings. The number of benzene rings is 2. The Morgan fingerprint density at radius 1 is 1.08 bits per heavy atom. The second-order valence-electron chi connectivity index (χ2n) is 6.35. The highest BCUT2D eigenvalue weighted by atomic mass is 16.5. The van der Waals surface area contributed by atoms with E-state index in [9.17, 15) is 4.79 Å². The number of carbonyl (C=O) groups is 1. The first-order valence-electron chi connectivity index (χ1n) is 8.86. The van der Waals surface area contributed by atoms with Gasteiger partial charge in [-0.2, -0.15) is 0 Å². The maximum Gasteiger partial charge on any atom is 0.408 e. The minimum atomic E-state index is -0.450. The van der Waals surface area contributed by atoms with Gasteiger partial charge in [-0.15, -0.1) is 0 Å². The van der Waals surface area contributed by atoms with E-state index < -0.39 is 6.09 Å². The molecule has 0 radical (unpaired) electrons. The molecule has 1 amide bonds. The van der Waals surface area contributed by atoms with Gasteiger partial charge in [0.15, 0.2) is 0 Å². The number of nitrogens with zero attached hydrogens (tertiary/aromatic N) is 2. The van der Waals surface area contributed by atoms with Gasteiger partial charge in [0.25, 0.3) is 0 Å². The van der Waals surface area contributed by atoms with Gasteiger partial charge < -0.3 is 10.1 Å². The molecule has 0 aliphatic rings. The van der Waals surface area contributed by atoms with E-state index in [1.54, 1.807) is 6.20 Å². The predicted molar refractivity (Wildman–Crippen MR) is 101 cm³/mol. The Kier molecular flexibility index (Phi) is 5.79. The fourth-order valence-electron chi connectivity index (χ4n) is 2.76. The van der Waals surface area contributed by atoms with Crippen molar-refractivity contribution in [2.75, 3.05) is 0 Å². The molecule has 5 heteroatoms. The lowest BCUT2D eigenvalue weighted by molar-refractivity contribution is 0.131. The molecule has 0 spiro atoms. The Hall–Kier alpha value is -2.95. The maximum absolute atomic E-state index is 12.3. The van der Waals surface area contributed by atoms with E-state index in [2.05, 4.69) is 29.1 Å². The van der Waals surface area contributed by atoms with Crippen molar-refractivity contribution in [3.63, 3.8) is 0 Å². The van der Waals surface area contributed by atoms with Gasteiger partial charge in [-0.1, -0.05) is 62.7 Å². The summed E-state index contributed by atoms with van der Waals surface area (Å²) in [6, 6.07) is 17.1. The summed E-state index contributed by atoms with van der Waals surface area (Å²) < 4.78 is 5.36. The highest BCUT2D eigenvalue weighted by Gasteiger charge is 2.23. The lowest BCUT2D eigenvalue weighted by atomic mass is 9.96. The number of alkyl carbamates (subject to hydrolysis) is 1. The van der Waals surface area contributed by atoms with Crippen molar-refractivity contribution in [3.8, 4) is 0 Å². The number of para-hydroxylation sites is 2. The monoisotopic (exact) mass is 349 g/mol. The average Bonchev–Trinajstić information content (AvgIpc) is 2.70. The SMILES string of the molecule is CCC(C)C(NC(=O)OCc1ccccc1)c1cnc2ccccc2n1. The van der Waals surface area contributed by atoms with E-state index >= 15 is 0 Å². The van der Waals surface area contributed by atoms with Gasteiger partial charge in [-0.3, -0.25) is 4.98 Å². The standard InChI is InChI=1S/C21H23N3O2/c1-3-15(2)20(19-13-22-17-11-7-8-12-18(17)23-19)24-21(25)26-14-16-9-5-4-6-10-16/h4-13,15,20H,3,14H2,1-2H3,(H,24,25). The molecule has 3 rings (SSSR count). The number of rotatable bonds is 6. The zero-order valence-electron chi connectivity index (χ0n) is 15.1. The van der Waals surface area contributed by atoms with Crippen LogP contribution in [-0.2, 0) is 11.3 Å². The molecule has 0 bridgehead atoms. The van der Waals surface area contributed by atoms with Crippen LogP contribution in [0, 0.1) is 5.92 Å². The van der Waals surface area contributed by atoms with E-state index in [1.165, 1.54) is 0 Å². The average molecular weight is 349 g/mol. The number of amides is 1. The molecule has 1 heterocycles. The third-order valence-electron chi connectivity index (χ3n) is 4.48. The minimum Gasteiger partial charge on any atom is -0.445 e. The topological polar surface area (TPSA) is 64.1 Å². The number of carbonyl (C=O) groups excluding carboxylic acids is 1. The number of hydrogen-bond donors (Lipinski definition) is 1. The quantitative estimate of drug-likeness (QED) is 0.704. The van der Waals surface area contributed by atoms with Gasteiger partial charge in [0.2, 0.25) is 0 Å². The van der Waals surface area contributed by atoms with E-state index in [0.717, 1.165) is 28.7 Å². The maximum atomic E-state index is 12.3. The van der Waals surface area contributed by atoms with Gasteiger partial charge in [-0.25, -0.2) is 9.78 Å². The predicted octanol–water partition coefficient (Wildman–Crippen LogP) is 4.64. The largest absolute Gasteiger partial charge is 0.445 e. The van der Waals surface area contributed by atoms with E-state index in [-0.39, 0.29) is 18.6 Å². The smallest absolute Gasteiger partial charge is 0.408 e. The normalized spacial score (nSPS) is 13.2. The van der Waals surface area contributed by atoms with E-state index in [1.807, 2.05) is 54.6 Å². The van der Waals surface area contributed by atoms with Crippen molar-refractivity contribution < 1.29 is 9.53 Å². The highest BCUT2D eigenvalue weighted by molar-refractivity contribution is 5.74. The van der Waals surface area contributed by atoms with E-state index in [4.69, 9.17) is 4.74 Å². The number of aromatic nitrogens is 2. The van der Waals surface area contributed by atoms with Crippen molar-refractivity contribution in [1.82, 2.24) is 15.3 Å². The van der Waals surface area contributed by atoms with Crippen molar-refractivity contribution >= 4 is 17.1 Å². The van der Waals surface area contributed by atoms with Gasteiger partial charge >= 0.3 is 6.09 Å². The molecule has 134 valence electrons. The lowest BCUT2D eigenvalue weighted by Crippen LogP contribution is -2.33. The third kappa shape index (κ3) is 4.36. The van der Waals surface area contributed by atoms with Gasteiger partial charge in [0.05, 0.1) is 29.0 Å². The van der Waals surface area contributed by atoms with Crippen LogP contribution >= 0.6 is 0 Å².